The third kappa shape index (κ3) is 1.31. The van der Waals surface area contributed by atoms with E-state index in [1.54, 1.807) is 0 Å². The van der Waals surface area contributed by atoms with Crippen molar-refractivity contribution in [1.82, 2.24) is 5.32 Å². The van der Waals surface area contributed by atoms with E-state index in [1.807, 2.05) is 0 Å². The van der Waals surface area contributed by atoms with Gasteiger partial charge in [-0.3, -0.25) is 0 Å². The van der Waals surface area contributed by atoms with E-state index in [2.05, 4.69) is 5.32 Å². The number of hydrogen-bond donors (Lipinski definition) is 1. The zero-order valence-electron chi connectivity index (χ0n) is 8.22. The highest BCUT2D eigenvalue weighted by atomic mass is 16.5. The van der Waals surface area contributed by atoms with Gasteiger partial charge < -0.3 is 10.1 Å². The number of ether oxygens (including phenoxy) is 1. The molecular weight excluding hydrogens is 162 g/mol. The van der Waals surface area contributed by atoms with Gasteiger partial charge in [-0.05, 0) is 49.5 Å². The molecule has 2 aliphatic heterocycles. The molecule has 3 rings (SSSR count). The van der Waals surface area contributed by atoms with Crippen LogP contribution in [0, 0.1) is 17.3 Å². The van der Waals surface area contributed by atoms with Gasteiger partial charge in [-0.1, -0.05) is 0 Å². The Hall–Kier alpha value is -0.0800. The maximum absolute atomic E-state index is 5.57. The van der Waals surface area contributed by atoms with E-state index in [0.29, 0.717) is 0 Å². The van der Waals surface area contributed by atoms with Gasteiger partial charge in [0, 0.05) is 19.8 Å². The fourth-order valence-corrected chi connectivity index (χ4v) is 3.38. The lowest BCUT2D eigenvalue weighted by molar-refractivity contribution is 0.0412. The van der Waals surface area contributed by atoms with Crippen LogP contribution in [-0.2, 0) is 4.74 Å². The van der Waals surface area contributed by atoms with Crippen molar-refractivity contribution in [2.75, 3.05) is 26.3 Å². The fraction of sp³-hybridized carbons (Fsp3) is 1.00. The molecule has 74 valence electrons. The van der Waals surface area contributed by atoms with Gasteiger partial charge in [-0.25, -0.2) is 0 Å². The van der Waals surface area contributed by atoms with Crippen molar-refractivity contribution >= 4 is 0 Å². The second kappa shape index (κ2) is 2.96. The molecule has 0 aromatic heterocycles. The molecule has 0 aromatic rings. The predicted molar refractivity (Wildman–Crippen MR) is 51.6 cm³/mol. The average Bonchev–Trinajstić information content (AvgIpc) is 2.66. The molecule has 2 saturated heterocycles. The summed E-state index contributed by atoms with van der Waals surface area (Å²) < 4.78 is 5.57. The second-order valence-corrected chi connectivity index (χ2v) is 5.08. The highest BCUT2D eigenvalue weighted by Gasteiger charge is 2.57. The lowest BCUT2D eigenvalue weighted by atomic mass is 9.90. The zero-order valence-corrected chi connectivity index (χ0v) is 8.22. The summed E-state index contributed by atoms with van der Waals surface area (Å²) in [5, 5.41) is 3.50. The lowest BCUT2D eigenvalue weighted by Gasteiger charge is -2.23. The quantitative estimate of drug-likeness (QED) is 0.660. The second-order valence-electron chi connectivity index (χ2n) is 5.08. The molecule has 1 spiro atoms. The van der Waals surface area contributed by atoms with Gasteiger partial charge in [0.05, 0.1) is 0 Å². The smallest absolute Gasteiger partial charge is 0.0497 e. The first-order valence-electron chi connectivity index (χ1n) is 5.69. The average molecular weight is 181 g/mol. The van der Waals surface area contributed by atoms with Gasteiger partial charge >= 0.3 is 0 Å². The monoisotopic (exact) mass is 181 g/mol. The maximum atomic E-state index is 5.57. The summed E-state index contributed by atoms with van der Waals surface area (Å²) in [5.74, 6) is 1.90. The van der Waals surface area contributed by atoms with E-state index in [9.17, 15) is 0 Å². The van der Waals surface area contributed by atoms with Crippen molar-refractivity contribution in [2.45, 2.75) is 25.7 Å². The molecule has 1 N–H and O–H groups in total. The van der Waals surface area contributed by atoms with Crippen LogP contribution in [0.1, 0.15) is 25.7 Å². The third-order valence-electron chi connectivity index (χ3n) is 4.29. The van der Waals surface area contributed by atoms with Crippen LogP contribution in [0.15, 0.2) is 0 Å². The van der Waals surface area contributed by atoms with Crippen molar-refractivity contribution in [2.24, 2.45) is 17.3 Å². The molecule has 1 aliphatic carbocycles. The van der Waals surface area contributed by atoms with Crippen molar-refractivity contribution < 1.29 is 4.74 Å². The predicted octanol–water partition coefficient (Wildman–Crippen LogP) is 1.41. The molecule has 0 aromatic carbocycles. The number of rotatable bonds is 1. The minimum Gasteiger partial charge on any atom is -0.381 e. The third-order valence-corrected chi connectivity index (χ3v) is 4.29. The van der Waals surface area contributed by atoms with E-state index in [4.69, 9.17) is 4.74 Å². The Balaban J connectivity index is 1.61. The molecule has 0 bridgehead atoms. The van der Waals surface area contributed by atoms with Crippen molar-refractivity contribution in [1.29, 1.82) is 0 Å². The first kappa shape index (κ1) is 8.25. The molecular formula is C11H19NO. The summed E-state index contributed by atoms with van der Waals surface area (Å²) in [6, 6.07) is 0. The Morgan fingerprint density at radius 3 is 3.08 bits per heavy atom. The Bertz CT molecular complexity index is 192. The molecule has 3 unspecified atom stereocenters. The van der Waals surface area contributed by atoms with E-state index in [-0.39, 0.29) is 0 Å². The van der Waals surface area contributed by atoms with E-state index in [1.165, 1.54) is 38.8 Å². The van der Waals surface area contributed by atoms with Gasteiger partial charge in [-0.2, -0.15) is 0 Å². The summed E-state index contributed by atoms with van der Waals surface area (Å²) in [6.07, 6.45) is 5.62. The van der Waals surface area contributed by atoms with Crippen molar-refractivity contribution in [3.05, 3.63) is 0 Å². The molecule has 2 heterocycles. The Kier molecular flexibility index (Phi) is 1.88. The standard InChI is InChI=1S/C11H19NO/c1-2-9(7-13-5-1)10-6-11(10)3-4-12-8-11/h9-10,12H,1-8H2. The Morgan fingerprint density at radius 1 is 1.38 bits per heavy atom. The molecule has 0 radical (unpaired) electrons. The van der Waals surface area contributed by atoms with Crippen LogP contribution in [0.2, 0.25) is 0 Å². The minimum absolute atomic E-state index is 0.728. The Morgan fingerprint density at radius 2 is 2.38 bits per heavy atom. The molecule has 3 aliphatic rings. The molecule has 3 atom stereocenters. The lowest BCUT2D eigenvalue weighted by Crippen LogP contribution is -2.22. The fourth-order valence-electron chi connectivity index (χ4n) is 3.38. The van der Waals surface area contributed by atoms with E-state index < -0.39 is 0 Å². The van der Waals surface area contributed by atoms with Gasteiger partial charge in [0.1, 0.15) is 0 Å². The number of hydrogen-bond acceptors (Lipinski definition) is 2. The van der Waals surface area contributed by atoms with Gasteiger partial charge in [0.15, 0.2) is 0 Å². The summed E-state index contributed by atoms with van der Waals surface area (Å²) in [7, 11) is 0. The summed E-state index contributed by atoms with van der Waals surface area (Å²) in [6.45, 7) is 4.60. The van der Waals surface area contributed by atoms with Crippen LogP contribution in [-0.4, -0.2) is 26.3 Å². The van der Waals surface area contributed by atoms with Crippen LogP contribution in [0.3, 0.4) is 0 Å². The van der Waals surface area contributed by atoms with Gasteiger partial charge in [0.25, 0.3) is 0 Å². The molecule has 2 heteroatoms. The van der Waals surface area contributed by atoms with Crippen molar-refractivity contribution in [3.8, 4) is 0 Å². The highest BCUT2D eigenvalue weighted by molar-refractivity contribution is 5.09. The minimum atomic E-state index is 0.728. The van der Waals surface area contributed by atoms with E-state index in [0.717, 1.165) is 30.5 Å². The highest BCUT2D eigenvalue weighted by Crippen LogP contribution is 2.61. The van der Waals surface area contributed by atoms with Crippen LogP contribution in [0.25, 0.3) is 0 Å². The molecule has 13 heavy (non-hydrogen) atoms. The molecule has 0 amide bonds. The molecule has 2 nitrogen and oxygen atoms in total. The summed E-state index contributed by atoms with van der Waals surface area (Å²) >= 11 is 0. The topological polar surface area (TPSA) is 21.3 Å². The maximum Gasteiger partial charge on any atom is 0.0497 e. The molecule has 3 fully saturated rings. The van der Waals surface area contributed by atoms with Crippen LogP contribution < -0.4 is 5.32 Å². The van der Waals surface area contributed by atoms with E-state index >= 15 is 0 Å². The zero-order chi connectivity index (χ0) is 8.73. The largest absolute Gasteiger partial charge is 0.381 e. The van der Waals surface area contributed by atoms with Crippen LogP contribution >= 0.6 is 0 Å². The molecule has 1 saturated carbocycles. The number of nitrogens with one attached hydrogen (secondary N) is 1. The SMILES string of the molecule is C1COCC(C2CC23CCNC3)C1. The summed E-state index contributed by atoms with van der Waals surface area (Å²) in [4.78, 5) is 0. The van der Waals surface area contributed by atoms with Gasteiger partial charge in [-0.15, -0.1) is 0 Å². The summed E-state index contributed by atoms with van der Waals surface area (Å²) in [5.41, 5.74) is 0.728. The van der Waals surface area contributed by atoms with Crippen molar-refractivity contribution in [3.63, 3.8) is 0 Å². The first-order chi connectivity index (χ1) is 6.41. The van der Waals surface area contributed by atoms with Crippen LogP contribution in [0.5, 0.6) is 0 Å². The first-order valence-corrected chi connectivity index (χ1v) is 5.69. The normalized spacial score (nSPS) is 49.8. The van der Waals surface area contributed by atoms with Crippen LogP contribution in [0.4, 0.5) is 0 Å². The Labute approximate surface area is 80.0 Å². The van der Waals surface area contributed by atoms with Gasteiger partial charge in [0.2, 0.25) is 0 Å².